The predicted molar refractivity (Wildman–Crippen MR) is 94.2 cm³/mol. The highest BCUT2D eigenvalue weighted by Crippen LogP contribution is 2.25. The van der Waals surface area contributed by atoms with Crippen molar-refractivity contribution in [1.82, 2.24) is 15.0 Å². The lowest BCUT2D eigenvalue weighted by molar-refractivity contribution is 0.905. The highest BCUT2D eigenvalue weighted by atomic mass is 32.2. The first-order valence-electron chi connectivity index (χ1n) is 7.20. The van der Waals surface area contributed by atoms with Crippen molar-refractivity contribution in [3.05, 3.63) is 48.8 Å². The van der Waals surface area contributed by atoms with Gasteiger partial charge in [-0.1, -0.05) is 12.1 Å². The van der Waals surface area contributed by atoms with E-state index in [-0.39, 0.29) is 0 Å². The first kappa shape index (κ1) is 14.8. The third-order valence-corrected chi connectivity index (χ3v) is 4.17. The summed E-state index contributed by atoms with van der Waals surface area (Å²) < 4.78 is 0. The van der Waals surface area contributed by atoms with Crippen molar-refractivity contribution in [3.63, 3.8) is 0 Å². The van der Waals surface area contributed by atoms with Crippen LogP contribution in [-0.2, 0) is 0 Å². The summed E-state index contributed by atoms with van der Waals surface area (Å²) in [6.07, 6.45) is 5.63. The summed E-state index contributed by atoms with van der Waals surface area (Å²) >= 11 is 1.82. The van der Waals surface area contributed by atoms with Gasteiger partial charge in [0.1, 0.15) is 5.82 Å². The van der Waals surface area contributed by atoms with Gasteiger partial charge in [-0.2, -0.15) is 11.8 Å². The van der Waals surface area contributed by atoms with E-state index in [0.29, 0.717) is 6.04 Å². The van der Waals surface area contributed by atoms with Gasteiger partial charge in [0.2, 0.25) is 0 Å². The molecule has 2 aromatic heterocycles. The molecular weight excluding hydrogens is 292 g/mol. The Hall–Kier alpha value is -2.14. The van der Waals surface area contributed by atoms with Gasteiger partial charge in [-0.05, 0) is 37.4 Å². The molecule has 1 N–H and O–H groups in total. The van der Waals surface area contributed by atoms with Gasteiger partial charge in [0.05, 0.1) is 5.52 Å². The number of pyridine rings is 1. The Morgan fingerprint density at radius 3 is 2.64 bits per heavy atom. The van der Waals surface area contributed by atoms with Crippen molar-refractivity contribution >= 4 is 28.5 Å². The van der Waals surface area contributed by atoms with Crippen molar-refractivity contribution in [2.45, 2.75) is 13.0 Å². The minimum Gasteiger partial charge on any atom is -0.366 e. The average Bonchev–Trinajstić information content (AvgIpc) is 2.56. The number of hydrogen-bond acceptors (Lipinski definition) is 5. The molecule has 1 atom stereocenters. The predicted octanol–water partition coefficient (Wildman–Crippen LogP) is 3.86. The van der Waals surface area contributed by atoms with Crippen molar-refractivity contribution < 1.29 is 0 Å². The number of aromatic nitrogens is 3. The second kappa shape index (κ2) is 6.75. The Balaban J connectivity index is 2.08. The molecule has 0 bridgehead atoms. The molecule has 0 spiro atoms. The molecule has 1 aromatic carbocycles. The molecule has 0 amide bonds. The lowest BCUT2D eigenvalue weighted by Gasteiger charge is -2.16. The summed E-state index contributed by atoms with van der Waals surface area (Å²) in [5, 5.41) is 4.56. The van der Waals surface area contributed by atoms with Crippen LogP contribution in [0.15, 0.2) is 48.8 Å². The molecule has 112 valence electrons. The maximum Gasteiger partial charge on any atom is 0.162 e. The van der Waals surface area contributed by atoms with Gasteiger partial charge >= 0.3 is 0 Å². The average molecular weight is 310 g/mol. The van der Waals surface area contributed by atoms with Crippen LogP contribution in [0.5, 0.6) is 0 Å². The number of benzene rings is 1. The Morgan fingerprint density at radius 1 is 1.09 bits per heavy atom. The molecule has 0 saturated carbocycles. The molecule has 22 heavy (non-hydrogen) atoms. The summed E-state index contributed by atoms with van der Waals surface area (Å²) in [5.74, 6) is 2.64. The zero-order chi connectivity index (χ0) is 15.4. The molecule has 4 nitrogen and oxygen atoms in total. The quantitative estimate of drug-likeness (QED) is 0.775. The van der Waals surface area contributed by atoms with Crippen LogP contribution in [0.3, 0.4) is 0 Å². The van der Waals surface area contributed by atoms with Gasteiger partial charge in [0.15, 0.2) is 5.82 Å². The van der Waals surface area contributed by atoms with Crippen LogP contribution in [0.2, 0.25) is 0 Å². The Morgan fingerprint density at radius 2 is 1.86 bits per heavy atom. The topological polar surface area (TPSA) is 50.7 Å². The molecule has 5 heteroatoms. The molecular formula is C17H18N4S. The van der Waals surface area contributed by atoms with Crippen LogP contribution >= 0.6 is 11.8 Å². The molecule has 0 aliphatic rings. The third-order valence-electron chi connectivity index (χ3n) is 3.34. The lowest BCUT2D eigenvalue weighted by Crippen LogP contribution is -2.19. The third kappa shape index (κ3) is 3.20. The minimum absolute atomic E-state index is 0.346. The van der Waals surface area contributed by atoms with Crippen LogP contribution in [0.4, 0.5) is 5.82 Å². The zero-order valence-electron chi connectivity index (χ0n) is 12.7. The molecule has 0 aliphatic carbocycles. The van der Waals surface area contributed by atoms with Crippen molar-refractivity contribution in [2.75, 3.05) is 17.3 Å². The smallest absolute Gasteiger partial charge is 0.162 e. The fourth-order valence-electron chi connectivity index (χ4n) is 2.34. The van der Waals surface area contributed by atoms with Crippen LogP contribution in [0.1, 0.15) is 6.92 Å². The second-order valence-electron chi connectivity index (χ2n) is 5.15. The molecule has 0 radical (unpaired) electrons. The number of rotatable bonds is 5. The van der Waals surface area contributed by atoms with Gasteiger partial charge in [-0.3, -0.25) is 4.98 Å². The first-order valence-corrected chi connectivity index (χ1v) is 8.60. The molecule has 3 rings (SSSR count). The molecule has 0 aliphatic heterocycles. The Bertz CT molecular complexity index is 761. The zero-order valence-corrected chi connectivity index (χ0v) is 13.5. The SMILES string of the molecule is CSCC(C)Nc1nc(-c2ccncc2)nc2ccccc12. The van der Waals surface area contributed by atoms with Gasteiger partial charge in [-0.15, -0.1) is 0 Å². The summed E-state index contributed by atoms with van der Waals surface area (Å²) in [6, 6.07) is 12.3. The van der Waals surface area contributed by atoms with Crippen LogP contribution in [0.25, 0.3) is 22.3 Å². The maximum absolute atomic E-state index is 4.73. The molecule has 0 fully saturated rings. The van der Waals surface area contributed by atoms with E-state index in [1.165, 1.54) is 0 Å². The summed E-state index contributed by atoms with van der Waals surface area (Å²) in [5.41, 5.74) is 1.92. The number of nitrogens with one attached hydrogen (secondary N) is 1. The van der Waals surface area contributed by atoms with E-state index in [0.717, 1.165) is 33.9 Å². The van der Waals surface area contributed by atoms with E-state index in [2.05, 4.69) is 34.5 Å². The largest absolute Gasteiger partial charge is 0.366 e. The number of thioether (sulfide) groups is 1. The summed E-state index contributed by atoms with van der Waals surface area (Å²) in [7, 11) is 0. The number of fused-ring (bicyclic) bond motifs is 1. The van der Waals surface area contributed by atoms with Crippen LogP contribution < -0.4 is 5.32 Å². The normalized spacial score (nSPS) is 12.3. The fourth-order valence-corrected chi connectivity index (χ4v) is 2.93. The summed E-state index contributed by atoms with van der Waals surface area (Å²) in [4.78, 5) is 13.5. The van der Waals surface area contributed by atoms with Gasteiger partial charge < -0.3 is 5.32 Å². The highest BCUT2D eigenvalue weighted by molar-refractivity contribution is 7.98. The number of anilines is 1. The van der Waals surface area contributed by atoms with Gasteiger partial charge in [0, 0.05) is 35.1 Å². The minimum atomic E-state index is 0.346. The molecule has 2 heterocycles. The molecule has 3 aromatic rings. The lowest BCUT2D eigenvalue weighted by atomic mass is 10.2. The standard InChI is InChI=1S/C17H18N4S/c1-12(11-22-2)19-17-14-5-3-4-6-15(14)20-16(21-17)13-7-9-18-10-8-13/h3-10,12H,11H2,1-2H3,(H,19,20,21). The van der Waals surface area contributed by atoms with Crippen molar-refractivity contribution in [1.29, 1.82) is 0 Å². The van der Waals surface area contributed by atoms with Crippen molar-refractivity contribution in [2.24, 2.45) is 0 Å². The van der Waals surface area contributed by atoms with Crippen molar-refractivity contribution in [3.8, 4) is 11.4 Å². The molecule has 0 saturated heterocycles. The summed E-state index contributed by atoms with van der Waals surface area (Å²) in [6.45, 7) is 2.17. The fraction of sp³-hybridized carbons (Fsp3) is 0.235. The highest BCUT2D eigenvalue weighted by Gasteiger charge is 2.11. The van der Waals surface area contributed by atoms with E-state index in [1.807, 2.05) is 42.1 Å². The second-order valence-corrected chi connectivity index (χ2v) is 6.06. The Kier molecular flexibility index (Phi) is 4.53. The first-order chi connectivity index (χ1) is 10.8. The van der Waals surface area contributed by atoms with E-state index in [1.54, 1.807) is 12.4 Å². The van der Waals surface area contributed by atoms with E-state index in [9.17, 15) is 0 Å². The van der Waals surface area contributed by atoms with E-state index in [4.69, 9.17) is 4.98 Å². The Labute approximate surface area is 134 Å². The monoisotopic (exact) mass is 310 g/mol. The van der Waals surface area contributed by atoms with Gasteiger partial charge in [0.25, 0.3) is 0 Å². The van der Waals surface area contributed by atoms with Crippen LogP contribution in [-0.4, -0.2) is 33.0 Å². The number of hydrogen-bond donors (Lipinski definition) is 1. The van der Waals surface area contributed by atoms with E-state index < -0.39 is 0 Å². The number of nitrogens with zero attached hydrogens (tertiary/aromatic N) is 3. The van der Waals surface area contributed by atoms with Crippen LogP contribution in [0, 0.1) is 0 Å². The van der Waals surface area contributed by atoms with E-state index >= 15 is 0 Å². The van der Waals surface area contributed by atoms with Gasteiger partial charge in [-0.25, -0.2) is 9.97 Å². The number of para-hydroxylation sites is 1. The molecule has 1 unspecified atom stereocenters. The maximum atomic E-state index is 4.73.